The van der Waals surface area contributed by atoms with Crippen LogP contribution in [0.1, 0.15) is 12.0 Å². The minimum Gasteiger partial charge on any atom is -0.465 e. The van der Waals surface area contributed by atoms with E-state index in [1.54, 1.807) is 24.4 Å². The lowest BCUT2D eigenvalue weighted by molar-refractivity contribution is -0.932. The average Bonchev–Trinajstić information content (AvgIpc) is 2.65. The molecule has 7 nitrogen and oxygen atoms in total. The van der Waals surface area contributed by atoms with Gasteiger partial charge in [-0.05, 0) is 35.5 Å². The number of aromatic nitrogens is 1. The standard InChI is InChI=1S/C18H22NO6S/c20-10-15-18(22)14(21)9-17(25-15)24-13-6-4-12(5-7-13)11-26-16-3-1-2-8-19(16)23/h1-8,14-15,17-18,20-23H,9-11H2/q+1. The number of pyridine rings is 1. The molecule has 4 atom stereocenters. The van der Waals surface area contributed by atoms with Crippen LogP contribution in [-0.2, 0) is 10.5 Å². The number of aliphatic hydroxyl groups excluding tert-OH is 3. The second kappa shape index (κ2) is 8.70. The van der Waals surface area contributed by atoms with Crippen LogP contribution in [0.3, 0.4) is 0 Å². The van der Waals surface area contributed by atoms with Crippen LogP contribution in [0.25, 0.3) is 0 Å². The van der Waals surface area contributed by atoms with Crippen molar-refractivity contribution in [1.29, 1.82) is 0 Å². The van der Waals surface area contributed by atoms with Crippen LogP contribution in [0.2, 0.25) is 0 Å². The molecule has 8 heteroatoms. The molecule has 0 bridgehead atoms. The molecule has 4 N–H and O–H groups in total. The van der Waals surface area contributed by atoms with Crippen molar-refractivity contribution in [2.24, 2.45) is 0 Å². The molecular formula is C18H22NO6S+. The Morgan fingerprint density at radius 3 is 2.62 bits per heavy atom. The normalized spacial score (nSPS) is 25.8. The summed E-state index contributed by atoms with van der Waals surface area (Å²) in [5, 5.41) is 39.2. The summed E-state index contributed by atoms with van der Waals surface area (Å²) >= 11 is 1.50. The molecule has 1 aliphatic rings. The van der Waals surface area contributed by atoms with Crippen molar-refractivity contribution in [3.8, 4) is 5.75 Å². The Hall–Kier alpha value is -1.84. The van der Waals surface area contributed by atoms with Gasteiger partial charge in [-0.2, -0.15) is 0 Å². The Kier molecular flexibility index (Phi) is 6.33. The van der Waals surface area contributed by atoms with Gasteiger partial charge in [0, 0.05) is 29.0 Å². The quantitative estimate of drug-likeness (QED) is 0.332. The molecule has 1 saturated heterocycles. The SMILES string of the molecule is OCC1OC(Oc2ccc(CSc3cccc[n+]3O)cc2)CC(O)C1O. The van der Waals surface area contributed by atoms with E-state index in [0.29, 0.717) is 11.5 Å². The maximum absolute atomic E-state index is 9.83. The van der Waals surface area contributed by atoms with E-state index in [1.807, 2.05) is 24.3 Å². The fourth-order valence-corrected chi connectivity index (χ4v) is 3.52. The van der Waals surface area contributed by atoms with Crippen LogP contribution in [0.5, 0.6) is 5.75 Å². The van der Waals surface area contributed by atoms with E-state index in [2.05, 4.69) is 0 Å². The molecule has 26 heavy (non-hydrogen) atoms. The molecule has 1 fully saturated rings. The fraction of sp³-hybridized carbons (Fsp3) is 0.389. The van der Waals surface area contributed by atoms with E-state index in [-0.39, 0.29) is 6.42 Å². The van der Waals surface area contributed by atoms with E-state index in [0.717, 1.165) is 15.3 Å². The van der Waals surface area contributed by atoms with E-state index < -0.39 is 31.2 Å². The van der Waals surface area contributed by atoms with E-state index >= 15 is 0 Å². The van der Waals surface area contributed by atoms with E-state index in [4.69, 9.17) is 9.47 Å². The maximum Gasteiger partial charge on any atom is 0.291 e. The lowest BCUT2D eigenvalue weighted by Gasteiger charge is -2.36. The lowest BCUT2D eigenvalue weighted by atomic mass is 10.0. The Balaban J connectivity index is 1.55. The molecule has 4 unspecified atom stereocenters. The molecule has 0 radical (unpaired) electrons. The number of thioether (sulfide) groups is 1. The number of aliphatic hydroxyl groups is 3. The summed E-state index contributed by atoms with van der Waals surface area (Å²) in [7, 11) is 0. The highest BCUT2D eigenvalue weighted by atomic mass is 32.2. The Bertz CT molecular complexity index is 713. The van der Waals surface area contributed by atoms with Gasteiger partial charge in [-0.1, -0.05) is 12.1 Å². The zero-order valence-corrected chi connectivity index (χ0v) is 14.8. The van der Waals surface area contributed by atoms with Gasteiger partial charge in [0.05, 0.1) is 12.7 Å². The molecule has 1 aromatic carbocycles. The van der Waals surface area contributed by atoms with Crippen molar-refractivity contribution >= 4 is 11.8 Å². The van der Waals surface area contributed by atoms with Gasteiger partial charge < -0.3 is 24.8 Å². The van der Waals surface area contributed by atoms with Crippen LogP contribution in [0.4, 0.5) is 0 Å². The molecule has 0 saturated carbocycles. The number of rotatable bonds is 6. The lowest BCUT2D eigenvalue weighted by Crippen LogP contribution is -2.51. The Morgan fingerprint density at radius 2 is 1.92 bits per heavy atom. The molecular weight excluding hydrogens is 358 g/mol. The monoisotopic (exact) mass is 380 g/mol. The van der Waals surface area contributed by atoms with Gasteiger partial charge in [0.1, 0.15) is 18.0 Å². The first-order valence-electron chi connectivity index (χ1n) is 8.27. The van der Waals surface area contributed by atoms with Gasteiger partial charge in [-0.3, -0.25) is 5.21 Å². The summed E-state index contributed by atoms with van der Waals surface area (Å²) in [6.07, 6.45) is -2.02. The summed E-state index contributed by atoms with van der Waals surface area (Å²) < 4.78 is 12.2. The fourth-order valence-electron chi connectivity index (χ4n) is 2.65. The highest BCUT2D eigenvalue weighted by Crippen LogP contribution is 2.25. The van der Waals surface area contributed by atoms with Crippen LogP contribution in [0.15, 0.2) is 53.7 Å². The highest BCUT2D eigenvalue weighted by Gasteiger charge is 2.37. The highest BCUT2D eigenvalue weighted by molar-refractivity contribution is 7.98. The summed E-state index contributed by atoms with van der Waals surface area (Å²) in [5.74, 6) is 1.25. The minimum absolute atomic E-state index is 0.125. The van der Waals surface area contributed by atoms with Crippen LogP contribution < -0.4 is 9.47 Å². The second-order valence-corrected chi connectivity index (χ2v) is 7.01. The van der Waals surface area contributed by atoms with Crippen molar-refractivity contribution in [3.63, 3.8) is 0 Å². The zero-order valence-electron chi connectivity index (χ0n) is 14.0. The van der Waals surface area contributed by atoms with Gasteiger partial charge in [-0.25, -0.2) is 0 Å². The smallest absolute Gasteiger partial charge is 0.291 e. The number of benzene rings is 1. The minimum atomic E-state index is -1.12. The number of ether oxygens (including phenoxy) is 2. The molecule has 0 aliphatic carbocycles. The summed E-state index contributed by atoms with van der Waals surface area (Å²) in [5.41, 5.74) is 1.06. The molecule has 1 aromatic heterocycles. The third-order valence-corrected chi connectivity index (χ3v) is 5.19. The maximum atomic E-state index is 9.83. The summed E-state index contributed by atoms with van der Waals surface area (Å²) in [4.78, 5) is 0. The van der Waals surface area contributed by atoms with Crippen molar-refractivity contribution in [2.75, 3.05) is 6.61 Å². The summed E-state index contributed by atoms with van der Waals surface area (Å²) in [6.45, 7) is -0.390. The average molecular weight is 380 g/mol. The third-order valence-electron chi connectivity index (χ3n) is 4.10. The third kappa shape index (κ3) is 4.66. The predicted molar refractivity (Wildman–Crippen MR) is 92.8 cm³/mol. The number of hydrogen-bond donors (Lipinski definition) is 4. The van der Waals surface area contributed by atoms with Gasteiger partial charge in [0.2, 0.25) is 12.5 Å². The van der Waals surface area contributed by atoms with Crippen LogP contribution >= 0.6 is 11.8 Å². The van der Waals surface area contributed by atoms with Crippen molar-refractivity contribution < 1.29 is 34.7 Å². The molecule has 0 amide bonds. The molecule has 2 heterocycles. The molecule has 2 aromatic rings. The summed E-state index contributed by atoms with van der Waals surface area (Å²) in [6, 6.07) is 12.8. The first kappa shape index (κ1) is 18.9. The van der Waals surface area contributed by atoms with Crippen molar-refractivity contribution in [3.05, 3.63) is 54.2 Å². The van der Waals surface area contributed by atoms with Gasteiger partial charge in [0.25, 0.3) is 5.03 Å². The largest absolute Gasteiger partial charge is 0.465 e. The first-order valence-corrected chi connectivity index (χ1v) is 9.26. The zero-order chi connectivity index (χ0) is 18.5. The molecule has 0 spiro atoms. The topological polar surface area (TPSA) is 103 Å². The first-order chi connectivity index (χ1) is 12.6. The second-order valence-electron chi connectivity index (χ2n) is 6.01. The Labute approximate surface area is 155 Å². The van der Waals surface area contributed by atoms with Gasteiger partial charge in [-0.15, -0.1) is 0 Å². The van der Waals surface area contributed by atoms with Crippen molar-refractivity contribution in [2.45, 2.75) is 41.8 Å². The molecule has 1 aliphatic heterocycles. The predicted octanol–water partition coefficient (Wildman–Crippen LogP) is 0.712. The van der Waals surface area contributed by atoms with Gasteiger partial charge >= 0.3 is 0 Å². The molecule has 3 rings (SSSR count). The Morgan fingerprint density at radius 1 is 1.15 bits per heavy atom. The number of nitrogens with zero attached hydrogens (tertiary/aromatic N) is 1. The van der Waals surface area contributed by atoms with Crippen molar-refractivity contribution in [1.82, 2.24) is 0 Å². The van der Waals surface area contributed by atoms with Crippen LogP contribution in [0, 0.1) is 0 Å². The van der Waals surface area contributed by atoms with E-state index in [1.165, 1.54) is 11.8 Å². The molecule has 140 valence electrons. The van der Waals surface area contributed by atoms with Gasteiger partial charge in [0.15, 0.2) is 0 Å². The van der Waals surface area contributed by atoms with Crippen LogP contribution in [-0.4, -0.2) is 51.7 Å². The number of hydrogen-bond acceptors (Lipinski definition) is 7. The van der Waals surface area contributed by atoms with E-state index in [9.17, 15) is 20.5 Å².